The van der Waals surface area contributed by atoms with Crippen LogP contribution in [0.2, 0.25) is 0 Å². The summed E-state index contributed by atoms with van der Waals surface area (Å²) < 4.78 is 5.89. The zero-order chi connectivity index (χ0) is 37.4. The number of aliphatic carboxylic acids is 1. The van der Waals surface area contributed by atoms with Gasteiger partial charge in [-0.05, 0) is 78.4 Å². The average Bonchev–Trinajstić information content (AvgIpc) is 3.12. The van der Waals surface area contributed by atoms with E-state index in [1.54, 1.807) is 25.3 Å². The summed E-state index contributed by atoms with van der Waals surface area (Å²) in [7, 11) is 0. The van der Waals surface area contributed by atoms with Gasteiger partial charge in [0, 0.05) is 23.7 Å². The van der Waals surface area contributed by atoms with Crippen LogP contribution < -0.4 is 15.4 Å². The van der Waals surface area contributed by atoms with E-state index in [2.05, 4.69) is 55.0 Å². The minimum Gasteiger partial charge on any atom is -0.494 e. The number of nitrogens with zero attached hydrogens (tertiary/aromatic N) is 2. The molecule has 3 N–H and O–H groups in total. The molecule has 51 heavy (non-hydrogen) atoms. The largest absolute Gasteiger partial charge is 0.494 e. The number of carboxylic acid groups (broad SMARTS) is 1. The molecule has 2 atom stereocenters. The van der Waals surface area contributed by atoms with Gasteiger partial charge < -0.3 is 20.5 Å². The van der Waals surface area contributed by atoms with Crippen molar-refractivity contribution in [1.29, 1.82) is 0 Å². The second-order valence-corrected chi connectivity index (χ2v) is 13.8. The fraction of sp³-hybridized carbons (Fsp3) is 0.405. The smallest absolute Gasteiger partial charge is 0.326 e. The third kappa shape index (κ3) is 13.0. The molecule has 0 bridgehead atoms. The zero-order valence-corrected chi connectivity index (χ0v) is 31.0. The quantitative estimate of drug-likeness (QED) is 0.0703. The summed E-state index contributed by atoms with van der Waals surface area (Å²) in [6.45, 7) is 16.5. The summed E-state index contributed by atoms with van der Waals surface area (Å²) in [6, 6.07) is 20.4. The number of carbonyl (C=O) groups excluding carboxylic acids is 2. The first kappa shape index (κ1) is 40.4. The van der Waals surface area contributed by atoms with Crippen LogP contribution in [0.1, 0.15) is 113 Å². The van der Waals surface area contributed by atoms with Crippen molar-refractivity contribution in [3.05, 3.63) is 107 Å². The van der Waals surface area contributed by atoms with Gasteiger partial charge in [-0.1, -0.05) is 109 Å². The van der Waals surface area contributed by atoms with E-state index in [4.69, 9.17) is 4.74 Å². The van der Waals surface area contributed by atoms with Crippen LogP contribution >= 0.6 is 0 Å². The summed E-state index contributed by atoms with van der Waals surface area (Å²) in [5, 5.41) is 14.9. The van der Waals surface area contributed by atoms with Crippen LogP contribution in [-0.4, -0.2) is 54.1 Å². The first-order valence-electron chi connectivity index (χ1n) is 17.8. The number of rotatable bonds is 18. The van der Waals surface area contributed by atoms with E-state index in [0.29, 0.717) is 18.0 Å². The van der Waals surface area contributed by atoms with E-state index in [1.165, 1.54) is 25.7 Å². The molecule has 0 saturated heterocycles. The van der Waals surface area contributed by atoms with Gasteiger partial charge in [-0.15, -0.1) is 0 Å². The molecule has 0 aliphatic rings. The number of carbonyl (C=O) groups is 3. The highest BCUT2D eigenvalue weighted by Crippen LogP contribution is 2.23. The fourth-order valence-corrected chi connectivity index (χ4v) is 5.36. The van der Waals surface area contributed by atoms with Crippen LogP contribution in [-0.2, 0) is 21.4 Å². The molecule has 0 radical (unpaired) electrons. The highest BCUT2D eigenvalue weighted by Gasteiger charge is 2.26. The van der Waals surface area contributed by atoms with Crippen molar-refractivity contribution >= 4 is 35.9 Å². The Bertz CT molecular complexity index is 1650. The summed E-state index contributed by atoms with van der Waals surface area (Å²) in [4.78, 5) is 47.0. The van der Waals surface area contributed by atoms with Crippen molar-refractivity contribution in [1.82, 2.24) is 10.6 Å². The lowest BCUT2D eigenvalue weighted by atomic mass is 9.86. The molecule has 0 heterocycles. The number of hydrogen-bond donors (Lipinski definition) is 3. The van der Waals surface area contributed by atoms with E-state index in [0.717, 1.165) is 40.0 Å². The monoisotopic (exact) mass is 694 g/mol. The Balaban J connectivity index is 1.72. The standard InChI is InChI=1S/C42H54N4O5/c1-8-10-11-12-13-26-51-35-24-20-31(21-25-35)29(3)28-44-38(43-7)32-16-14-30(15-17-32)27-37(40(48)45-36(9-2)41(49)50)46-39(47)33-18-22-34(23-19-33)42(4,5)6/h14-25,28,36-37H,7-13,26-27H2,1-6H3,(H,45,48)(H,46,47)(H,49,50)/b29-28+,44-38-/t36-,37-/m0/s1. The number of carboxylic acids is 1. The summed E-state index contributed by atoms with van der Waals surface area (Å²) in [5.41, 5.74) is 4.84. The summed E-state index contributed by atoms with van der Waals surface area (Å²) in [5.74, 6) is -0.869. The van der Waals surface area contributed by atoms with Gasteiger partial charge in [0.25, 0.3) is 5.91 Å². The number of unbranched alkanes of at least 4 members (excludes halogenated alkanes) is 4. The highest BCUT2D eigenvalue weighted by atomic mass is 16.5. The summed E-state index contributed by atoms with van der Waals surface area (Å²) >= 11 is 0. The fourth-order valence-electron chi connectivity index (χ4n) is 5.36. The van der Waals surface area contributed by atoms with Gasteiger partial charge in [0.2, 0.25) is 5.91 Å². The third-order valence-electron chi connectivity index (χ3n) is 8.67. The minimum absolute atomic E-state index is 0.0783. The van der Waals surface area contributed by atoms with Crippen LogP contribution in [0.15, 0.2) is 89.0 Å². The van der Waals surface area contributed by atoms with Crippen LogP contribution in [0.5, 0.6) is 5.75 Å². The van der Waals surface area contributed by atoms with E-state index >= 15 is 0 Å². The number of allylic oxidation sites excluding steroid dienone is 1. The molecule has 3 aromatic carbocycles. The van der Waals surface area contributed by atoms with E-state index in [-0.39, 0.29) is 18.3 Å². The van der Waals surface area contributed by atoms with Crippen molar-refractivity contribution < 1.29 is 24.2 Å². The van der Waals surface area contributed by atoms with Crippen molar-refractivity contribution in [2.45, 2.75) is 104 Å². The van der Waals surface area contributed by atoms with Gasteiger partial charge in [-0.2, -0.15) is 0 Å². The van der Waals surface area contributed by atoms with E-state index < -0.39 is 29.9 Å². The molecule has 0 spiro atoms. The first-order valence-corrected chi connectivity index (χ1v) is 17.8. The molecule has 0 fully saturated rings. The maximum absolute atomic E-state index is 13.3. The summed E-state index contributed by atoms with van der Waals surface area (Å²) in [6.07, 6.45) is 8.07. The lowest BCUT2D eigenvalue weighted by molar-refractivity contribution is -0.142. The molecule has 0 aliphatic carbocycles. The van der Waals surface area contributed by atoms with E-state index in [9.17, 15) is 19.5 Å². The highest BCUT2D eigenvalue weighted by molar-refractivity contribution is 6.02. The molecule has 3 aromatic rings. The van der Waals surface area contributed by atoms with Gasteiger partial charge in [-0.25, -0.2) is 14.8 Å². The number of aliphatic imine (C=N–C) groups is 2. The lowest BCUT2D eigenvalue weighted by Crippen LogP contribution is -2.52. The Morgan fingerprint density at radius 2 is 1.43 bits per heavy atom. The van der Waals surface area contributed by atoms with Crippen molar-refractivity contribution in [3.63, 3.8) is 0 Å². The maximum atomic E-state index is 13.3. The molecule has 9 nitrogen and oxygen atoms in total. The van der Waals surface area contributed by atoms with Gasteiger partial charge in [0.1, 0.15) is 17.8 Å². The predicted molar refractivity (Wildman–Crippen MR) is 207 cm³/mol. The number of ether oxygens (including phenoxy) is 1. The third-order valence-corrected chi connectivity index (χ3v) is 8.67. The normalized spacial score (nSPS) is 13.2. The van der Waals surface area contributed by atoms with E-state index in [1.807, 2.05) is 67.6 Å². The molecular formula is C42H54N4O5. The number of hydrogen-bond acceptors (Lipinski definition) is 5. The molecule has 3 rings (SSSR count). The Kier molecular flexibility index (Phi) is 15.8. The Hall–Kier alpha value is -5.05. The molecule has 0 saturated carbocycles. The Labute approximate surface area is 303 Å². The van der Waals surface area contributed by atoms with Crippen LogP contribution in [0.4, 0.5) is 0 Å². The molecule has 9 heteroatoms. The predicted octanol–water partition coefficient (Wildman–Crippen LogP) is 8.16. The van der Waals surface area contributed by atoms with Crippen molar-refractivity contribution in [3.8, 4) is 5.75 Å². The molecule has 0 unspecified atom stereocenters. The number of amidine groups is 1. The topological polar surface area (TPSA) is 129 Å². The molecule has 0 aromatic heterocycles. The van der Waals surface area contributed by atoms with Gasteiger partial charge >= 0.3 is 5.97 Å². The molecular weight excluding hydrogens is 640 g/mol. The molecule has 272 valence electrons. The zero-order valence-electron chi connectivity index (χ0n) is 31.0. The number of amides is 2. The second kappa shape index (κ2) is 20.0. The molecule has 2 amide bonds. The SMILES string of the molecule is C=N/C(=N\C=C(/C)c1ccc(OCCCCCCC)cc1)c1ccc(C[C@H](NC(=O)c2ccc(C(C)(C)C)cc2)C(=O)N[C@@H](CC)C(=O)O)cc1. The maximum Gasteiger partial charge on any atom is 0.326 e. The van der Waals surface area contributed by atoms with Crippen molar-refractivity contribution in [2.75, 3.05) is 6.61 Å². The van der Waals surface area contributed by atoms with Crippen LogP contribution in [0, 0.1) is 0 Å². The Morgan fingerprint density at radius 1 is 0.824 bits per heavy atom. The Morgan fingerprint density at radius 3 is 2.00 bits per heavy atom. The van der Waals surface area contributed by atoms with Gasteiger partial charge in [-0.3, -0.25) is 9.59 Å². The number of benzene rings is 3. The van der Waals surface area contributed by atoms with Gasteiger partial charge in [0.15, 0.2) is 5.84 Å². The van der Waals surface area contributed by atoms with Crippen molar-refractivity contribution in [2.24, 2.45) is 9.98 Å². The molecule has 0 aliphatic heterocycles. The lowest BCUT2D eigenvalue weighted by Gasteiger charge is -2.22. The second-order valence-electron chi connectivity index (χ2n) is 13.8. The van der Waals surface area contributed by atoms with Crippen LogP contribution in [0.3, 0.4) is 0 Å². The average molecular weight is 695 g/mol. The number of nitrogens with one attached hydrogen (secondary N) is 2. The minimum atomic E-state index is -1.14. The first-order chi connectivity index (χ1) is 24.4. The van der Waals surface area contributed by atoms with Crippen LogP contribution in [0.25, 0.3) is 5.57 Å². The van der Waals surface area contributed by atoms with Gasteiger partial charge in [0.05, 0.1) is 6.61 Å².